The van der Waals surface area contributed by atoms with Gasteiger partial charge in [0, 0.05) is 29.5 Å². The van der Waals surface area contributed by atoms with Crippen molar-refractivity contribution >= 4 is 17.2 Å². The average Bonchev–Trinajstić information content (AvgIpc) is 2.37. The van der Waals surface area contributed by atoms with E-state index in [-0.39, 0.29) is 5.78 Å². The van der Waals surface area contributed by atoms with Crippen LogP contribution in [0.25, 0.3) is 0 Å². The fourth-order valence-electron chi connectivity index (χ4n) is 2.63. The molecule has 0 bridgehead atoms. The van der Waals surface area contributed by atoms with Gasteiger partial charge in [0.05, 0.1) is 0 Å². The van der Waals surface area contributed by atoms with E-state index in [9.17, 15) is 4.79 Å². The fraction of sp³-hybridized carbons (Fsp3) is 0.533. The van der Waals surface area contributed by atoms with E-state index in [1.807, 2.05) is 12.1 Å². The van der Waals surface area contributed by atoms with E-state index in [0.717, 1.165) is 12.2 Å². The molecular weight excluding hydrogens is 238 g/mol. The number of likely N-dealkylation sites (tertiary alicyclic amines) is 1. The molecule has 1 heterocycles. The van der Waals surface area contributed by atoms with Crippen molar-refractivity contribution in [2.45, 2.75) is 32.2 Å². The minimum absolute atomic E-state index is 0.0102. The Labute approximate surface area is 115 Å². The zero-order chi connectivity index (χ0) is 13.8. The summed E-state index contributed by atoms with van der Waals surface area (Å²) in [6, 6.07) is 6.16. The van der Waals surface area contributed by atoms with Crippen LogP contribution in [0, 0.1) is 0 Å². The number of piperidine rings is 1. The molecule has 0 saturated carbocycles. The second-order valence-electron chi connectivity index (χ2n) is 5.37. The first kappa shape index (κ1) is 13.9. The molecule has 1 aliphatic rings. The lowest BCUT2D eigenvalue weighted by molar-refractivity contribution is 0.101. The highest BCUT2D eigenvalue weighted by molar-refractivity contribution is 5.99. The summed E-state index contributed by atoms with van der Waals surface area (Å²) in [5.41, 5.74) is 8.02. The lowest BCUT2D eigenvalue weighted by Crippen LogP contribution is -2.40. The zero-order valence-corrected chi connectivity index (χ0v) is 11.8. The molecule has 1 aromatic rings. The Kier molecular flexibility index (Phi) is 4.43. The van der Waals surface area contributed by atoms with Crippen molar-refractivity contribution < 1.29 is 4.79 Å². The molecule has 1 unspecified atom stereocenters. The van der Waals surface area contributed by atoms with Crippen molar-refractivity contribution in [2.24, 2.45) is 0 Å². The Hall–Kier alpha value is -1.55. The van der Waals surface area contributed by atoms with Crippen molar-refractivity contribution in [1.29, 1.82) is 0 Å². The molecule has 1 fully saturated rings. The monoisotopic (exact) mass is 261 g/mol. The molecule has 1 aliphatic heterocycles. The van der Waals surface area contributed by atoms with Gasteiger partial charge in [-0.15, -0.1) is 0 Å². The number of nitrogen functional groups attached to an aromatic ring is 1. The molecule has 104 valence electrons. The number of hydrogen-bond donors (Lipinski definition) is 2. The van der Waals surface area contributed by atoms with E-state index in [0.29, 0.717) is 17.3 Å². The first-order chi connectivity index (χ1) is 9.08. The Morgan fingerprint density at radius 3 is 2.89 bits per heavy atom. The SMILES string of the molecule is CC(=O)c1ccc(NCC2CCCCN2C)cc1N. The number of rotatable bonds is 4. The fourth-order valence-corrected chi connectivity index (χ4v) is 2.63. The van der Waals surface area contributed by atoms with Gasteiger partial charge in [-0.05, 0) is 51.6 Å². The third-order valence-electron chi connectivity index (χ3n) is 3.89. The summed E-state index contributed by atoms with van der Waals surface area (Å²) < 4.78 is 0. The summed E-state index contributed by atoms with van der Waals surface area (Å²) in [6.07, 6.45) is 3.85. The van der Waals surface area contributed by atoms with E-state index in [4.69, 9.17) is 5.73 Å². The maximum absolute atomic E-state index is 11.3. The van der Waals surface area contributed by atoms with Crippen molar-refractivity contribution in [1.82, 2.24) is 4.90 Å². The molecule has 1 aromatic carbocycles. The largest absolute Gasteiger partial charge is 0.398 e. The third-order valence-corrected chi connectivity index (χ3v) is 3.89. The second-order valence-corrected chi connectivity index (χ2v) is 5.37. The van der Waals surface area contributed by atoms with Crippen LogP contribution in [0.5, 0.6) is 0 Å². The van der Waals surface area contributed by atoms with Gasteiger partial charge in [0.1, 0.15) is 0 Å². The van der Waals surface area contributed by atoms with Gasteiger partial charge < -0.3 is 16.0 Å². The molecule has 0 spiro atoms. The highest BCUT2D eigenvalue weighted by Crippen LogP contribution is 2.20. The van der Waals surface area contributed by atoms with Gasteiger partial charge >= 0.3 is 0 Å². The number of nitrogens with one attached hydrogen (secondary N) is 1. The Morgan fingerprint density at radius 1 is 1.47 bits per heavy atom. The standard InChI is InChI=1S/C15H23N3O/c1-11(19)14-7-6-12(9-15(14)16)17-10-13-5-3-4-8-18(13)2/h6-7,9,13,17H,3-5,8,10,16H2,1-2H3. The van der Waals surface area contributed by atoms with Gasteiger partial charge in [0.25, 0.3) is 0 Å². The van der Waals surface area contributed by atoms with E-state index in [1.54, 1.807) is 6.07 Å². The molecule has 2 rings (SSSR count). The molecule has 0 radical (unpaired) electrons. The lowest BCUT2D eigenvalue weighted by Gasteiger charge is -2.32. The summed E-state index contributed by atoms with van der Waals surface area (Å²) in [7, 11) is 2.18. The van der Waals surface area contributed by atoms with Gasteiger partial charge in [-0.3, -0.25) is 4.79 Å². The van der Waals surface area contributed by atoms with Crippen LogP contribution in [0.3, 0.4) is 0 Å². The molecule has 4 nitrogen and oxygen atoms in total. The number of likely N-dealkylation sites (N-methyl/N-ethyl adjacent to an activating group) is 1. The number of carbonyl (C=O) groups is 1. The summed E-state index contributed by atoms with van der Waals surface area (Å²) >= 11 is 0. The molecule has 19 heavy (non-hydrogen) atoms. The zero-order valence-electron chi connectivity index (χ0n) is 11.8. The average molecular weight is 261 g/mol. The van der Waals surface area contributed by atoms with Crippen LogP contribution in [-0.4, -0.2) is 36.9 Å². The summed E-state index contributed by atoms with van der Waals surface area (Å²) in [5.74, 6) is 0.0102. The molecule has 0 aromatic heterocycles. The first-order valence-corrected chi connectivity index (χ1v) is 6.92. The number of nitrogens with zero attached hydrogens (tertiary/aromatic N) is 1. The number of Topliss-reactive ketones (excluding diaryl/α,β-unsaturated/α-hetero) is 1. The number of anilines is 2. The number of carbonyl (C=O) groups excluding carboxylic acids is 1. The topological polar surface area (TPSA) is 58.4 Å². The van der Waals surface area contributed by atoms with Crippen LogP contribution < -0.4 is 11.1 Å². The minimum Gasteiger partial charge on any atom is -0.398 e. The Bertz CT molecular complexity index is 459. The van der Waals surface area contributed by atoms with E-state index < -0.39 is 0 Å². The molecule has 3 N–H and O–H groups in total. The normalized spacial score (nSPS) is 20.2. The van der Waals surface area contributed by atoms with E-state index in [1.165, 1.54) is 32.7 Å². The molecule has 4 heteroatoms. The van der Waals surface area contributed by atoms with Gasteiger partial charge in [-0.2, -0.15) is 0 Å². The second kappa shape index (κ2) is 6.06. The Morgan fingerprint density at radius 2 is 2.26 bits per heavy atom. The predicted octanol–water partition coefficient (Wildman–Crippen LogP) is 2.37. The van der Waals surface area contributed by atoms with E-state index in [2.05, 4.69) is 17.3 Å². The van der Waals surface area contributed by atoms with Crippen LogP contribution >= 0.6 is 0 Å². The van der Waals surface area contributed by atoms with Crippen molar-refractivity contribution in [3.63, 3.8) is 0 Å². The van der Waals surface area contributed by atoms with Crippen molar-refractivity contribution in [3.05, 3.63) is 23.8 Å². The van der Waals surface area contributed by atoms with Crippen LogP contribution in [0.15, 0.2) is 18.2 Å². The van der Waals surface area contributed by atoms with Gasteiger partial charge in [-0.1, -0.05) is 6.42 Å². The molecule has 0 amide bonds. The highest BCUT2D eigenvalue weighted by Gasteiger charge is 2.18. The minimum atomic E-state index is 0.0102. The number of benzene rings is 1. The van der Waals surface area contributed by atoms with Crippen LogP contribution in [0.4, 0.5) is 11.4 Å². The van der Waals surface area contributed by atoms with Gasteiger partial charge in [-0.25, -0.2) is 0 Å². The van der Waals surface area contributed by atoms with Crippen LogP contribution in [-0.2, 0) is 0 Å². The van der Waals surface area contributed by atoms with Crippen LogP contribution in [0.2, 0.25) is 0 Å². The maximum atomic E-state index is 11.3. The van der Waals surface area contributed by atoms with Gasteiger partial charge in [0.15, 0.2) is 5.78 Å². The molecule has 1 atom stereocenters. The molecular formula is C15H23N3O. The number of hydrogen-bond acceptors (Lipinski definition) is 4. The highest BCUT2D eigenvalue weighted by atomic mass is 16.1. The molecule has 0 aliphatic carbocycles. The molecule has 1 saturated heterocycles. The third kappa shape index (κ3) is 3.47. The van der Waals surface area contributed by atoms with Crippen molar-refractivity contribution in [3.8, 4) is 0 Å². The van der Waals surface area contributed by atoms with Gasteiger partial charge in [0.2, 0.25) is 0 Å². The number of nitrogens with two attached hydrogens (primary N) is 1. The number of ketones is 1. The quantitative estimate of drug-likeness (QED) is 0.645. The van der Waals surface area contributed by atoms with Crippen LogP contribution in [0.1, 0.15) is 36.5 Å². The first-order valence-electron chi connectivity index (χ1n) is 6.92. The van der Waals surface area contributed by atoms with Crippen molar-refractivity contribution in [2.75, 3.05) is 31.2 Å². The van der Waals surface area contributed by atoms with E-state index >= 15 is 0 Å². The summed E-state index contributed by atoms with van der Waals surface area (Å²) in [5, 5.41) is 3.42. The predicted molar refractivity (Wildman–Crippen MR) is 79.6 cm³/mol. The maximum Gasteiger partial charge on any atom is 0.161 e. The Balaban J connectivity index is 1.96. The summed E-state index contributed by atoms with van der Waals surface area (Å²) in [4.78, 5) is 13.7. The lowest BCUT2D eigenvalue weighted by atomic mass is 10.0. The smallest absolute Gasteiger partial charge is 0.161 e. The summed E-state index contributed by atoms with van der Waals surface area (Å²) in [6.45, 7) is 3.64.